The molecular formula is C13H27Cl2N3O2. The second-order valence-corrected chi connectivity index (χ2v) is 5.36. The van der Waals surface area contributed by atoms with Crippen LogP contribution in [0.15, 0.2) is 0 Å². The molecule has 1 aliphatic carbocycles. The Labute approximate surface area is 134 Å². The summed E-state index contributed by atoms with van der Waals surface area (Å²) < 4.78 is 4.94. The number of nitrogens with zero attached hydrogens (tertiary/aromatic N) is 2. The van der Waals surface area contributed by atoms with Gasteiger partial charge in [-0.2, -0.15) is 0 Å². The number of carbonyl (C=O) groups is 1. The van der Waals surface area contributed by atoms with E-state index in [1.807, 2.05) is 4.90 Å². The SMILES string of the molecule is COCC(N)C(=O)N1CCN(C2CCCC2)CC1.Cl.Cl. The molecule has 5 nitrogen and oxygen atoms in total. The Morgan fingerprint density at radius 3 is 2.25 bits per heavy atom. The van der Waals surface area contributed by atoms with Gasteiger partial charge >= 0.3 is 0 Å². The van der Waals surface area contributed by atoms with Crippen LogP contribution in [-0.2, 0) is 9.53 Å². The van der Waals surface area contributed by atoms with Gasteiger partial charge < -0.3 is 15.4 Å². The first-order valence-corrected chi connectivity index (χ1v) is 6.99. The Morgan fingerprint density at radius 1 is 1.20 bits per heavy atom. The van der Waals surface area contributed by atoms with Crippen LogP contribution in [0.4, 0.5) is 0 Å². The van der Waals surface area contributed by atoms with Crippen LogP contribution in [-0.4, -0.2) is 67.7 Å². The Bertz CT molecular complexity index is 281. The predicted molar refractivity (Wildman–Crippen MR) is 84.8 cm³/mol. The summed E-state index contributed by atoms with van der Waals surface area (Å²) in [5.41, 5.74) is 5.79. The van der Waals surface area contributed by atoms with Crippen molar-refractivity contribution in [2.24, 2.45) is 5.73 Å². The van der Waals surface area contributed by atoms with Crippen molar-refractivity contribution in [3.8, 4) is 0 Å². The zero-order chi connectivity index (χ0) is 13.0. The van der Waals surface area contributed by atoms with Gasteiger partial charge in [0.25, 0.3) is 0 Å². The third-order valence-electron chi connectivity index (χ3n) is 4.13. The highest BCUT2D eigenvalue weighted by atomic mass is 35.5. The van der Waals surface area contributed by atoms with E-state index in [0.717, 1.165) is 32.2 Å². The van der Waals surface area contributed by atoms with Crippen molar-refractivity contribution in [1.82, 2.24) is 9.80 Å². The molecule has 2 fully saturated rings. The number of rotatable bonds is 4. The van der Waals surface area contributed by atoms with Crippen LogP contribution in [0.2, 0.25) is 0 Å². The van der Waals surface area contributed by atoms with E-state index >= 15 is 0 Å². The highest BCUT2D eigenvalue weighted by Gasteiger charge is 2.29. The number of carbonyl (C=O) groups excluding carboxylic acids is 1. The van der Waals surface area contributed by atoms with Crippen LogP contribution in [0.25, 0.3) is 0 Å². The molecule has 120 valence electrons. The van der Waals surface area contributed by atoms with E-state index in [1.54, 1.807) is 7.11 Å². The molecule has 2 rings (SSSR count). The fourth-order valence-corrected chi connectivity index (χ4v) is 3.06. The lowest BCUT2D eigenvalue weighted by Gasteiger charge is -2.38. The molecule has 1 amide bonds. The molecule has 2 N–H and O–H groups in total. The fraction of sp³-hybridized carbons (Fsp3) is 0.923. The average molecular weight is 328 g/mol. The summed E-state index contributed by atoms with van der Waals surface area (Å²) in [5.74, 6) is 0.0305. The minimum absolute atomic E-state index is 0. The van der Waals surface area contributed by atoms with Gasteiger partial charge in [0, 0.05) is 39.3 Å². The molecule has 0 aromatic heterocycles. The van der Waals surface area contributed by atoms with Gasteiger partial charge in [0.15, 0.2) is 0 Å². The Kier molecular flexibility index (Phi) is 9.76. The topological polar surface area (TPSA) is 58.8 Å². The molecule has 0 bridgehead atoms. The molecule has 1 unspecified atom stereocenters. The van der Waals surface area contributed by atoms with Crippen molar-refractivity contribution in [2.45, 2.75) is 37.8 Å². The first-order chi connectivity index (χ1) is 8.72. The maximum atomic E-state index is 12.0. The maximum absolute atomic E-state index is 12.0. The maximum Gasteiger partial charge on any atom is 0.241 e. The second kappa shape index (κ2) is 9.79. The Hall–Kier alpha value is -0.0700. The molecule has 7 heteroatoms. The van der Waals surface area contributed by atoms with Crippen molar-refractivity contribution in [2.75, 3.05) is 39.9 Å². The molecule has 0 aromatic rings. The lowest BCUT2D eigenvalue weighted by molar-refractivity contribution is -0.135. The van der Waals surface area contributed by atoms with Gasteiger partial charge in [-0.3, -0.25) is 9.69 Å². The smallest absolute Gasteiger partial charge is 0.241 e. The van der Waals surface area contributed by atoms with Gasteiger partial charge in [-0.1, -0.05) is 12.8 Å². The van der Waals surface area contributed by atoms with Crippen molar-refractivity contribution >= 4 is 30.7 Å². The normalized spacial score (nSPS) is 22.0. The third-order valence-corrected chi connectivity index (χ3v) is 4.13. The molecular weight excluding hydrogens is 301 g/mol. The first-order valence-electron chi connectivity index (χ1n) is 6.99. The summed E-state index contributed by atoms with van der Waals surface area (Å²) in [6, 6.07) is 0.253. The second-order valence-electron chi connectivity index (χ2n) is 5.36. The number of nitrogens with two attached hydrogens (primary N) is 1. The molecule has 1 saturated heterocycles. The Morgan fingerprint density at radius 2 is 1.75 bits per heavy atom. The first kappa shape index (κ1) is 19.9. The van der Waals surface area contributed by atoms with Crippen LogP contribution in [0.3, 0.4) is 0 Å². The minimum atomic E-state index is -0.506. The summed E-state index contributed by atoms with van der Waals surface area (Å²) in [5, 5.41) is 0. The third kappa shape index (κ3) is 5.04. The van der Waals surface area contributed by atoms with E-state index in [9.17, 15) is 4.79 Å². The van der Waals surface area contributed by atoms with Gasteiger partial charge in [-0.15, -0.1) is 24.8 Å². The van der Waals surface area contributed by atoms with Crippen LogP contribution >= 0.6 is 24.8 Å². The fourth-order valence-electron chi connectivity index (χ4n) is 3.06. The summed E-state index contributed by atoms with van der Waals surface area (Å²) in [6.45, 7) is 3.92. The molecule has 0 aromatic carbocycles. The molecule has 1 atom stereocenters. The van der Waals surface area contributed by atoms with Gasteiger partial charge in [0.05, 0.1) is 6.61 Å². The van der Waals surface area contributed by atoms with Crippen molar-refractivity contribution in [3.63, 3.8) is 0 Å². The van der Waals surface area contributed by atoms with E-state index in [0.29, 0.717) is 6.61 Å². The summed E-state index contributed by atoms with van der Waals surface area (Å²) in [6.07, 6.45) is 5.39. The van der Waals surface area contributed by atoms with E-state index in [4.69, 9.17) is 10.5 Å². The quantitative estimate of drug-likeness (QED) is 0.833. The van der Waals surface area contributed by atoms with E-state index in [-0.39, 0.29) is 30.7 Å². The van der Waals surface area contributed by atoms with Crippen LogP contribution in [0, 0.1) is 0 Å². The monoisotopic (exact) mass is 327 g/mol. The van der Waals surface area contributed by atoms with E-state index in [2.05, 4.69) is 4.90 Å². The largest absolute Gasteiger partial charge is 0.383 e. The number of amides is 1. The number of ether oxygens (including phenoxy) is 1. The minimum Gasteiger partial charge on any atom is -0.383 e. The predicted octanol–water partition coefficient (Wildman–Crippen LogP) is 0.890. The van der Waals surface area contributed by atoms with Crippen LogP contribution in [0.5, 0.6) is 0 Å². The van der Waals surface area contributed by atoms with Gasteiger partial charge in [0.1, 0.15) is 6.04 Å². The Balaban J connectivity index is 0.00000180. The van der Waals surface area contributed by atoms with Crippen molar-refractivity contribution in [1.29, 1.82) is 0 Å². The number of methoxy groups -OCH3 is 1. The molecule has 20 heavy (non-hydrogen) atoms. The molecule has 1 heterocycles. The van der Waals surface area contributed by atoms with E-state index < -0.39 is 6.04 Å². The average Bonchev–Trinajstić information content (AvgIpc) is 2.92. The highest BCUT2D eigenvalue weighted by Crippen LogP contribution is 2.24. The highest BCUT2D eigenvalue weighted by molar-refractivity contribution is 5.85. The van der Waals surface area contributed by atoms with Gasteiger partial charge in [-0.25, -0.2) is 0 Å². The zero-order valence-corrected chi connectivity index (χ0v) is 13.8. The lowest BCUT2D eigenvalue weighted by Crippen LogP contribution is -2.55. The number of hydrogen-bond acceptors (Lipinski definition) is 4. The molecule has 0 radical (unpaired) electrons. The summed E-state index contributed by atoms with van der Waals surface area (Å²) in [4.78, 5) is 16.4. The van der Waals surface area contributed by atoms with Crippen LogP contribution < -0.4 is 5.73 Å². The molecule has 1 aliphatic heterocycles. The van der Waals surface area contributed by atoms with Gasteiger partial charge in [0.2, 0.25) is 5.91 Å². The van der Waals surface area contributed by atoms with Gasteiger partial charge in [-0.05, 0) is 12.8 Å². The zero-order valence-electron chi connectivity index (χ0n) is 12.1. The standard InChI is InChI=1S/C13H25N3O2.2ClH/c1-18-10-12(14)13(17)16-8-6-15(7-9-16)11-4-2-3-5-11;;/h11-12H,2-10,14H2,1H3;2*1H. The van der Waals surface area contributed by atoms with Crippen molar-refractivity contribution in [3.05, 3.63) is 0 Å². The summed E-state index contributed by atoms with van der Waals surface area (Å²) >= 11 is 0. The van der Waals surface area contributed by atoms with Crippen LogP contribution in [0.1, 0.15) is 25.7 Å². The van der Waals surface area contributed by atoms with E-state index in [1.165, 1.54) is 25.7 Å². The molecule has 1 saturated carbocycles. The lowest BCUT2D eigenvalue weighted by atomic mass is 10.1. The number of hydrogen-bond donors (Lipinski definition) is 1. The number of halogens is 2. The van der Waals surface area contributed by atoms with Crippen molar-refractivity contribution < 1.29 is 9.53 Å². The molecule has 2 aliphatic rings. The number of piperazine rings is 1. The molecule has 0 spiro atoms. The summed E-state index contributed by atoms with van der Waals surface area (Å²) in [7, 11) is 1.57.